The Morgan fingerprint density at radius 1 is 1.35 bits per heavy atom. The molecule has 0 saturated heterocycles. The third-order valence-corrected chi connectivity index (χ3v) is 3.90. The molecule has 0 aliphatic heterocycles. The molecule has 0 spiro atoms. The lowest BCUT2D eigenvalue weighted by molar-refractivity contribution is 0.0224. The SMILES string of the molecule is CCN(C(C)C)C1CCc2ccccc2C1O. The van der Waals surface area contributed by atoms with E-state index < -0.39 is 0 Å². The van der Waals surface area contributed by atoms with Crippen LogP contribution in [0, 0.1) is 0 Å². The molecule has 1 aliphatic carbocycles. The summed E-state index contributed by atoms with van der Waals surface area (Å²) < 4.78 is 0. The molecule has 1 aliphatic rings. The Morgan fingerprint density at radius 3 is 2.71 bits per heavy atom. The minimum atomic E-state index is -0.331. The van der Waals surface area contributed by atoms with Gasteiger partial charge >= 0.3 is 0 Å². The van der Waals surface area contributed by atoms with Crippen LogP contribution < -0.4 is 0 Å². The molecule has 0 saturated carbocycles. The average molecular weight is 233 g/mol. The number of aliphatic hydroxyl groups is 1. The molecular formula is C15H23NO. The summed E-state index contributed by atoms with van der Waals surface area (Å²) in [4.78, 5) is 2.40. The second kappa shape index (κ2) is 5.19. The van der Waals surface area contributed by atoms with Gasteiger partial charge in [-0.3, -0.25) is 4.90 Å². The first kappa shape index (κ1) is 12.6. The van der Waals surface area contributed by atoms with E-state index >= 15 is 0 Å². The van der Waals surface area contributed by atoms with Crippen molar-refractivity contribution < 1.29 is 5.11 Å². The molecule has 0 aromatic heterocycles. The maximum absolute atomic E-state index is 10.5. The molecule has 0 fully saturated rings. The maximum atomic E-state index is 10.5. The zero-order valence-corrected chi connectivity index (χ0v) is 11.1. The van der Waals surface area contributed by atoms with Gasteiger partial charge in [-0.2, -0.15) is 0 Å². The number of aliphatic hydroxyl groups excluding tert-OH is 1. The third-order valence-electron chi connectivity index (χ3n) is 3.90. The fourth-order valence-corrected chi connectivity index (χ4v) is 3.05. The number of hydrogen-bond donors (Lipinski definition) is 1. The van der Waals surface area contributed by atoms with Crippen molar-refractivity contribution >= 4 is 0 Å². The van der Waals surface area contributed by atoms with E-state index in [2.05, 4.69) is 43.9 Å². The van der Waals surface area contributed by atoms with Gasteiger partial charge in [0, 0.05) is 12.1 Å². The van der Waals surface area contributed by atoms with Crippen LogP contribution in [0.2, 0.25) is 0 Å². The number of rotatable bonds is 3. The summed E-state index contributed by atoms with van der Waals surface area (Å²) in [6.07, 6.45) is 1.81. The van der Waals surface area contributed by atoms with Crippen LogP contribution in [-0.4, -0.2) is 28.6 Å². The predicted octanol–water partition coefficient (Wildman–Crippen LogP) is 2.77. The first-order valence-electron chi connectivity index (χ1n) is 6.66. The number of hydrogen-bond acceptors (Lipinski definition) is 2. The lowest BCUT2D eigenvalue weighted by atomic mass is 9.84. The van der Waals surface area contributed by atoms with E-state index in [1.807, 2.05) is 6.07 Å². The Kier molecular flexibility index (Phi) is 3.85. The summed E-state index contributed by atoms with van der Waals surface area (Å²) in [5.41, 5.74) is 2.44. The minimum Gasteiger partial charge on any atom is -0.387 e. The Hall–Kier alpha value is -0.860. The van der Waals surface area contributed by atoms with Gasteiger partial charge in [-0.05, 0) is 44.4 Å². The van der Waals surface area contributed by atoms with Crippen molar-refractivity contribution in [1.82, 2.24) is 4.90 Å². The summed E-state index contributed by atoms with van der Waals surface area (Å²) in [5.74, 6) is 0. The van der Waals surface area contributed by atoms with Crippen LogP contribution in [0.1, 0.15) is 44.4 Å². The number of fused-ring (bicyclic) bond motifs is 1. The molecule has 1 aromatic carbocycles. The zero-order chi connectivity index (χ0) is 12.4. The van der Waals surface area contributed by atoms with Crippen LogP contribution in [0.4, 0.5) is 0 Å². The smallest absolute Gasteiger partial charge is 0.0948 e. The van der Waals surface area contributed by atoms with Gasteiger partial charge in [-0.25, -0.2) is 0 Å². The Labute approximate surface area is 104 Å². The fraction of sp³-hybridized carbons (Fsp3) is 0.600. The van der Waals surface area contributed by atoms with Crippen molar-refractivity contribution in [2.24, 2.45) is 0 Å². The molecule has 2 atom stereocenters. The number of likely N-dealkylation sites (N-methyl/N-ethyl adjacent to an activating group) is 1. The summed E-state index contributed by atoms with van der Waals surface area (Å²) in [7, 11) is 0. The fourth-order valence-electron chi connectivity index (χ4n) is 3.05. The maximum Gasteiger partial charge on any atom is 0.0948 e. The van der Waals surface area contributed by atoms with Crippen molar-refractivity contribution in [1.29, 1.82) is 0 Å². The van der Waals surface area contributed by atoms with Crippen LogP contribution in [-0.2, 0) is 6.42 Å². The van der Waals surface area contributed by atoms with Gasteiger partial charge in [0.1, 0.15) is 0 Å². The second-order valence-electron chi connectivity index (χ2n) is 5.17. The summed E-state index contributed by atoms with van der Waals surface area (Å²) >= 11 is 0. The van der Waals surface area contributed by atoms with E-state index in [0.29, 0.717) is 6.04 Å². The van der Waals surface area contributed by atoms with E-state index in [0.717, 1.165) is 24.9 Å². The summed E-state index contributed by atoms with van der Waals surface area (Å²) in [5, 5.41) is 10.5. The van der Waals surface area contributed by atoms with Crippen LogP contribution in [0.25, 0.3) is 0 Å². The highest BCUT2D eigenvalue weighted by Crippen LogP contribution is 2.33. The Morgan fingerprint density at radius 2 is 2.06 bits per heavy atom. The first-order chi connectivity index (χ1) is 8.15. The molecule has 2 unspecified atom stereocenters. The second-order valence-corrected chi connectivity index (χ2v) is 5.17. The van der Waals surface area contributed by atoms with Crippen molar-refractivity contribution in [3.05, 3.63) is 35.4 Å². The third kappa shape index (κ3) is 2.38. The first-order valence-corrected chi connectivity index (χ1v) is 6.66. The van der Waals surface area contributed by atoms with Gasteiger partial charge in [0.05, 0.1) is 6.10 Å². The van der Waals surface area contributed by atoms with Gasteiger partial charge in [-0.15, -0.1) is 0 Å². The van der Waals surface area contributed by atoms with Gasteiger partial charge in [0.2, 0.25) is 0 Å². The van der Waals surface area contributed by atoms with Gasteiger partial charge in [0.25, 0.3) is 0 Å². The monoisotopic (exact) mass is 233 g/mol. The zero-order valence-electron chi connectivity index (χ0n) is 11.1. The normalized spacial score (nSPS) is 24.1. The van der Waals surface area contributed by atoms with E-state index in [1.54, 1.807) is 0 Å². The molecule has 2 nitrogen and oxygen atoms in total. The van der Waals surface area contributed by atoms with Gasteiger partial charge in [-0.1, -0.05) is 31.2 Å². The highest BCUT2D eigenvalue weighted by Gasteiger charge is 2.32. The molecule has 0 heterocycles. The molecule has 0 amide bonds. The summed E-state index contributed by atoms with van der Waals surface area (Å²) in [6.45, 7) is 7.59. The van der Waals surface area contributed by atoms with Gasteiger partial charge in [0.15, 0.2) is 0 Å². The molecule has 2 heteroatoms. The minimum absolute atomic E-state index is 0.273. The quantitative estimate of drug-likeness (QED) is 0.867. The molecule has 1 N–H and O–H groups in total. The number of nitrogens with zero attached hydrogens (tertiary/aromatic N) is 1. The van der Waals surface area contributed by atoms with Crippen LogP contribution in [0.5, 0.6) is 0 Å². The molecule has 0 radical (unpaired) electrons. The van der Waals surface area contributed by atoms with Crippen LogP contribution >= 0.6 is 0 Å². The number of aryl methyl sites for hydroxylation is 1. The van der Waals surface area contributed by atoms with E-state index in [9.17, 15) is 5.11 Å². The Bertz CT molecular complexity index is 375. The van der Waals surface area contributed by atoms with Crippen molar-refractivity contribution in [3.63, 3.8) is 0 Å². The van der Waals surface area contributed by atoms with E-state index in [-0.39, 0.29) is 12.1 Å². The average Bonchev–Trinajstić information content (AvgIpc) is 2.33. The van der Waals surface area contributed by atoms with E-state index in [4.69, 9.17) is 0 Å². The van der Waals surface area contributed by atoms with Gasteiger partial charge < -0.3 is 5.11 Å². The predicted molar refractivity (Wildman–Crippen MR) is 71.0 cm³/mol. The molecule has 2 rings (SSSR count). The molecule has 17 heavy (non-hydrogen) atoms. The molecule has 0 bridgehead atoms. The molecule has 1 aromatic rings. The number of benzene rings is 1. The van der Waals surface area contributed by atoms with Crippen molar-refractivity contribution in [2.45, 2.75) is 51.8 Å². The van der Waals surface area contributed by atoms with E-state index in [1.165, 1.54) is 5.56 Å². The lowest BCUT2D eigenvalue weighted by Crippen LogP contribution is -2.45. The topological polar surface area (TPSA) is 23.5 Å². The van der Waals surface area contributed by atoms with Crippen LogP contribution in [0.15, 0.2) is 24.3 Å². The Balaban J connectivity index is 2.24. The lowest BCUT2D eigenvalue weighted by Gasteiger charge is -2.40. The molecule has 94 valence electrons. The van der Waals surface area contributed by atoms with Crippen molar-refractivity contribution in [2.75, 3.05) is 6.54 Å². The highest BCUT2D eigenvalue weighted by atomic mass is 16.3. The van der Waals surface area contributed by atoms with Crippen LogP contribution in [0.3, 0.4) is 0 Å². The molecular weight excluding hydrogens is 210 g/mol. The summed E-state index contributed by atoms with van der Waals surface area (Å²) in [6, 6.07) is 9.06. The van der Waals surface area contributed by atoms with Crippen molar-refractivity contribution in [3.8, 4) is 0 Å². The highest BCUT2D eigenvalue weighted by molar-refractivity contribution is 5.32. The standard InChI is InChI=1S/C15H23NO/c1-4-16(11(2)3)14-10-9-12-7-5-6-8-13(12)15(14)17/h5-8,11,14-15,17H,4,9-10H2,1-3H3. The largest absolute Gasteiger partial charge is 0.387 e.